The van der Waals surface area contributed by atoms with E-state index in [1.54, 1.807) is 37.1 Å². The Bertz CT molecular complexity index is 1070. The Morgan fingerprint density at radius 3 is 2.66 bits per heavy atom. The highest BCUT2D eigenvalue weighted by Crippen LogP contribution is 2.19. The van der Waals surface area contributed by atoms with E-state index in [2.05, 4.69) is 15.0 Å². The van der Waals surface area contributed by atoms with Crippen molar-refractivity contribution in [2.45, 2.75) is 24.2 Å². The standard InChI is InChI=1S/C19H23N5O4S/c1-13(12-24(2)19-20-10-16(11-21-19)18(25)22-26)23-29(27,28)17-8-7-14-5-3-4-6-15(14)9-17/h3-11,13,19-20,23,26H,12H2,1-2H3,(H,22,25). The zero-order valence-corrected chi connectivity index (χ0v) is 16.8. The Kier molecular flexibility index (Phi) is 6.28. The molecule has 29 heavy (non-hydrogen) atoms. The average molecular weight is 417 g/mol. The highest BCUT2D eigenvalue weighted by molar-refractivity contribution is 7.89. The summed E-state index contributed by atoms with van der Waals surface area (Å²) in [5.74, 6) is -0.668. The fraction of sp³-hybridized carbons (Fsp3) is 0.263. The molecule has 2 unspecified atom stereocenters. The maximum absolute atomic E-state index is 12.7. The Balaban J connectivity index is 1.62. The first kappa shape index (κ1) is 20.9. The van der Waals surface area contributed by atoms with E-state index in [9.17, 15) is 13.2 Å². The van der Waals surface area contributed by atoms with Crippen molar-refractivity contribution in [1.29, 1.82) is 0 Å². The predicted octanol–water partition coefficient (Wildman–Crippen LogP) is 0.785. The number of sulfonamides is 1. The van der Waals surface area contributed by atoms with Gasteiger partial charge in [-0.15, -0.1) is 0 Å². The van der Waals surface area contributed by atoms with Gasteiger partial charge in [-0.2, -0.15) is 0 Å². The molecule has 3 rings (SSSR count). The number of amides is 1. The maximum atomic E-state index is 12.7. The number of hydrogen-bond acceptors (Lipinski definition) is 7. The summed E-state index contributed by atoms with van der Waals surface area (Å²) in [6.07, 6.45) is 2.31. The number of fused-ring (bicyclic) bond motifs is 1. The van der Waals surface area contributed by atoms with Gasteiger partial charge < -0.3 is 5.32 Å². The molecule has 4 N–H and O–H groups in total. The van der Waals surface area contributed by atoms with Crippen LogP contribution in [0.25, 0.3) is 10.8 Å². The number of nitrogens with one attached hydrogen (secondary N) is 3. The van der Waals surface area contributed by atoms with Crippen LogP contribution in [0.15, 0.2) is 64.1 Å². The number of carbonyl (C=O) groups excluding carboxylic acids is 1. The lowest BCUT2D eigenvalue weighted by Crippen LogP contribution is -2.48. The number of likely N-dealkylation sites (N-methyl/N-ethyl adjacent to an activating group) is 1. The Morgan fingerprint density at radius 2 is 2.00 bits per heavy atom. The second kappa shape index (κ2) is 8.70. The Morgan fingerprint density at radius 1 is 1.28 bits per heavy atom. The van der Waals surface area contributed by atoms with Crippen LogP contribution in [-0.2, 0) is 14.8 Å². The van der Waals surface area contributed by atoms with Crippen molar-refractivity contribution >= 4 is 32.9 Å². The summed E-state index contributed by atoms with van der Waals surface area (Å²) >= 11 is 0. The SMILES string of the molecule is CC(CN(C)C1N=CC(C(=O)NO)=CN1)NS(=O)(=O)c1ccc2ccccc2c1. The van der Waals surface area contributed by atoms with Crippen molar-refractivity contribution in [1.82, 2.24) is 20.4 Å². The molecule has 2 atom stereocenters. The van der Waals surface area contributed by atoms with E-state index in [1.165, 1.54) is 17.9 Å². The fourth-order valence-corrected chi connectivity index (χ4v) is 4.33. The molecule has 1 amide bonds. The molecule has 0 aliphatic carbocycles. The molecule has 2 aromatic rings. The van der Waals surface area contributed by atoms with Gasteiger partial charge in [-0.1, -0.05) is 30.3 Å². The van der Waals surface area contributed by atoms with Crippen molar-refractivity contribution in [2.24, 2.45) is 4.99 Å². The normalized spacial score (nSPS) is 17.7. The van der Waals surface area contributed by atoms with Crippen molar-refractivity contribution in [3.05, 3.63) is 54.2 Å². The lowest BCUT2D eigenvalue weighted by atomic mass is 10.1. The van der Waals surface area contributed by atoms with Crippen LogP contribution in [0, 0.1) is 0 Å². The minimum Gasteiger partial charge on any atom is -0.357 e. The molecule has 0 aromatic heterocycles. The van der Waals surface area contributed by atoms with Gasteiger partial charge in [-0.25, -0.2) is 18.6 Å². The van der Waals surface area contributed by atoms with Gasteiger partial charge in [-0.05, 0) is 36.9 Å². The van der Waals surface area contributed by atoms with Gasteiger partial charge in [0.25, 0.3) is 5.91 Å². The van der Waals surface area contributed by atoms with Gasteiger partial charge in [0, 0.05) is 25.0 Å². The number of nitrogens with zero attached hydrogens (tertiary/aromatic N) is 2. The Hall–Kier alpha value is -2.79. The third-order valence-corrected chi connectivity index (χ3v) is 6.06. The van der Waals surface area contributed by atoms with Gasteiger partial charge in [0.1, 0.15) is 0 Å². The molecule has 10 heteroatoms. The van der Waals surface area contributed by atoms with Crippen molar-refractivity contribution < 1.29 is 18.4 Å². The summed E-state index contributed by atoms with van der Waals surface area (Å²) in [4.78, 5) is 17.5. The number of benzene rings is 2. The monoisotopic (exact) mass is 417 g/mol. The highest BCUT2D eigenvalue weighted by atomic mass is 32.2. The first-order chi connectivity index (χ1) is 13.8. The molecule has 0 radical (unpaired) electrons. The van der Waals surface area contributed by atoms with E-state index in [-0.39, 0.29) is 16.5 Å². The number of rotatable bonds is 7. The average Bonchev–Trinajstić information content (AvgIpc) is 2.72. The first-order valence-corrected chi connectivity index (χ1v) is 10.4. The number of aliphatic imine (C=N–C) groups is 1. The van der Waals surface area contributed by atoms with Crippen LogP contribution in [0.5, 0.6) is 0 Å². The zero-order chi connectivity index (χ0) is 21.0. The molecular formula is C19H23N5O4S. The summed E-state index contributed by atoms with van der Waals surface area (Å²) in [5, 5.41) is 13.4. The van der Waals surface area contributed by atoms with Crippen LogP contribution in [0.3, 0.4) is 0 Å². The summed E-state index contributed by atoms with van der Waals surface area (Å²) in [5.41, 5.74) is 1.72. The summed E-state index contributed by atoms with van der Waals surface area (Å²) in [6.45, 7) is 2.14. The van der Waals surface area contributed by atoms with Crippen LogP contribution >= 0.6 is 0 Å². The van der Waals surface area contributed by atoms with E-state index in [4.69, 9.17) is 5.21 Å². The van der Waals surface area contributed by atoms with Crippen molar-refractivity contribution in [2.75, 3.05) is 13.6 Å². The molecule has 2 aromatic carbocycles. The van der Waals surface area contributed by atoms with E-state index in [0.29, 0.717) is 6.54 Å². The smallest absolute Gasteiger partial charge is 0.277 e. The van der Waals surface area contributed by atoms with E-state index < -0.39 is 22.2 Å². The molecule has 0 spiro atoms. The summed E-state index contributed by atoms with van der Waals surface area (Å²) in [6, 6.07) is 12.2. The molecule has 1 heterocycles. The van der Waals surface area contributed by atoms with Crippen molar-refractivity contribution in [3.63, 3.8) is 0 Å². The number of hydrogen-bond donors (Lipinski definition) is 4. The van der Waals surface area contributed by atoms with Gasteiger partial charge in [-0.3, -0.25) is 19.9 Å². The molecule has 0 fully saturated rings. The molecular weight excluding hydrogens is 394 g/mol. The molecule has 0 saturated heterocycles. The fourth-order valence-electron chi connectivity index (χ4n) is 3.06. The highest BCUT2D eigenvalue weighted by Gasteiger charge is 2.22. The van der Waals surface area contributed by atoms with Crippen LogP contribution in [0.4, 0.5) is 0 Å². The van der Waals surface area contributed by atoms with Crippen LogP contribution in [-0.4, -0.2) is 56.6 Å². The van der Waals surface area contributed by atoms with E-state index in [1.807, 2.05) is 24.3 Å². The Labute approximate surface area is 169 Å². The lowest BCUT2D eigenvalue weighted by molar-refractivity contribution is -0.124. The zero-order valence-electron chi connectivity index (χ0n) is 16.0. The van der Waals surface area contributed by atoms with Crippen LogP contribution < -0.4 is 15.5 Å². The third-order valence-electron chi connectivity index (χ3n) is 4.47. The molecule has 0 bridgehead atoms. The second-order valence-electron chi connectivity index (χ2n) is 6.83. The van der Waals surface area contributed by atoms with Gasteiger partial charge in [0.05, 0.1) is 10.5 Å². The summed E-state index contributed by atoms with van der Waals surface area (Å²) < 4.78 is 28.2. The predicted molar refractivity (Wildman–Crippen MR) is 110 cm³/mol. The van der Waals surface area contributed by atoms with Crippen LogP contribution in [0.2, 0.25) is 0 Å². The molecule has 154 valence electrons. The van der Waals surface area contributed by atoms with Crippen molar-refractivity contribution in [3.8, 4) is 0 Å². The number of hydroxylamine groups is 1. The quantitative estimate of drug-likeness (QED) is 0.390. The minimum atomic E-state index is -3.68. The first-order valence-electron chi connectivity index (χ1n) is 8.95. The van der Waals surface area contributed by atoms with E-state index in [0.717, 1.165) is 10.8 Å². The summed E-state index contributed by atoms with van der Waals surface area (Å²) in [7, 11) is -1.90. The van der Waals surface area contributed by atoms with E-state index >= 15 is 0 Å². The minimum absolute atomic E-state index is 0.183. The molecule has 1 aliphatic rings. The number of carbonyl (C=O) groups is 1. The van der Waals surface area contributed by atoms with Gasteiger partial charge in [0.2, 0.25) is 10.0 Å². The molecule has 9 nitrogen and oxygen atoms in total. The largest absolute Gasteiger partial charge is 0.357 e. The third kappa shape index (κ3) is 4.98. The van der Waals surface area contributed by atoms with Gasteiger partial charge in [0.15, 0.2) is 6.29 Å². The second-order valence-corrected chi connectivity index (χ2v) is 8.54. The van der Waals surface area contributed by atoms with Gasteiger partial charge >= 0.3 is 0 Å². The molecule has 1 aliphatic heterocycles. The van der Waals surface area contributed by atoms with Crippen LogP contribution in [0.1, 0.15) is 6.92 Å². The topological polar surface area (TPSA) is 123 Å². The lowest BCUT2D eigenvalue weighted by Gasteiger charge is -2.29. The maximum Gasteiger partial charge on any atom is 0.277 e. The molecule has 0 saturated carbocycles.